The van der Waals surface area contributed by atoms with Crippen molar-refractivity contribution in [2.45, 2.75) is 19.2 Å². The summed E-state index contributed by atoms with van der Waals surface area (Å²) < 4.78 is 35.6. The fourth-order valence-corrected chi connectivity index (χ4v) is 1.43. The molecule has 0 radical (unpaired) electrons. The molecule has 0 N–H and O–H groups in total. The Morgan fingerprint density at radius 1 is 1.38 bits per heavy atom. The number of hydrogen-bond acceptors (Lipinski definition) is 2. The third-order valence-corrected chi connectivity index (χ3v) is 2.10. The SMILES string of the molecule is O=C1CCCN(CC[B-](F)(F)F)C1. The Kier molecular flexibility index (Phi) is 3.36. The van der Waals surface area contributed by atoms with Crippen LogP contribution in [0.25, 0.3) is 0 Å². The lowest BCUT2D eigenvalue weighted by Crippen LogP contribution is -2.38. The summed E-state index contributed by atoms with van der Waals surface area (Å²) in [6.45, 7) is -3.89. The molecule has 0 bridgehead atoms. The van der Waals surface area contributed by atoms with E-state index >= 15 is 0 Å². The van der Waals surface area contributed by atoms with E-state index in [0.717, 1.165) is 0 Å². The van der Waals surface area contributed by atoms with Crippen molar-refractivity contribution >= 4 is 12.8 Å². The number of Topliss-reactive ketones (excluding diaryl/α,β-unsaturated/α-hetero) is 1. The van der Waals surface area contributed by atoms with E-state index in [0.29, 0.717) is 19.4 Å². The summed E-state index contributed by atoms with van der Waals surface area (Å²) >= 11 is 0. The zero-order chi connectivity index (χ0) is 9.90. The first-order chi connectivity index (χ1) is 5.97. The monoisotopic (exact) mass is 194 g/mol. The van der Waals surface area contributed by atoms with Crippen LogP contribution in [0.5, 0.6) is 0 Å². The maximum atomic E-state index is 11.9. The third kappa shape index (κ3) is 4.31. The Bertz CT molecular complexity index is 195. The number of rotatable bonds is 3. The number of carbonyl (C=O) groups is 1. The van der Waals surface area contributed by atoms with Gasteiger partial charge in [0, 0.05) is 6.42 Å². The third-order valence-electron chi connectivity index (χ3n) is 2.10. The number of halogens is 3. The van der Waals surface area contributed by atoms with E-state index in [1.165, 1.54) is 0 Å². The maximum Gasteiger partial charge on any atom is 0.479 e. The van der Waals surface area contributed by atoms with Crippen molar-refractivity contribution in [1.82, 2.24) is 4.90 Å². The molecule has 0 unspecified atom stereocenters. The molecule has 0 amide bonds. The fourth-order valence-electron chi connectivity index (χ4n) is 1.43. The van der Waals surface area contributed by atoms with Crippen molar-refractivity contribution < 1.29 is 17.7 Å². The minimum atomic E-state index is -4.70. The van der Waals surface area contributed by atoms with Crippen LogP contribution in [-0.4, -0.2) is 37.3 Å². The number of piperidine rings is 1. The smallest absolute Gasteiger partial charge is 0.449 e. The van der Waals surface area contributed by atoms with Crippen LogP contribution in [0.3, 0.4) is 0 Å². The van der Waals surface area contributed by atoms with Crippen molar-refractivity contribution in [3.8, 4) is 0 Å². The largest absolute Gasteiger partial charge is 0.479 e. The highest BCUT2D eigenvalue weighted by Gasteiger charge is 2.25. The van der Waals surface area contributed by atoms with Gasteiger partial charge < -0.3 is 12.9 Å². The van der Waals surface area contributed by atoms with Crippen LogP contribution in [0.2, 0.25) is 6.32 Å². The van der Waals surface area contributed by atoms with Gasteiger partial charge in [-0.1, -0.05) is 6.32 Å². The van der Waals surface area contributed by atoms with Crippen molar-refractivity contribution in [3.05, 3.63) is 0 Å². The summed E-state index contributed by atoms with van der Waals surface area (Å²) in [5.74, 6) is 0.0564. The molecule has 1 aliphatic rings. The molecule has 1 rings (SSSR count). The van der Waals surface area contributed by atoms with E-state index in [2.05, 4.69) is 0 Å². The van der Waals surface area contributed by atoms with E-state index in [-0.39, 0.29) is 18.9 Å². The Morgan fingerprint density at radius 3 is 2.62 bits per heavy atom. The van der Waals surface area contributed by atoms with Gasteiger partial charge in [-0.2, -0.15) is 0 Å². The molecule has 0 atom stereocenters. The van der Waals surface area contributed by atoms with E-state index < -0.39 is 13.3 Å². The summed E-state index contributed by atoms with van der Waals surface area (Å²) in [4.78, 5) is 12.5. The van der Waals surface area contributed by atoms with Crippen molar-refractivity contribution in [3.63, 3.8) is 0 Å². The molecule has 0 aromatic rings. The molecule has 1 heterocycles. The number of hydrogen-bond donors (Lipinski definition) is 0. The summed E-state index contributed by atoms with van der Waals surface area (Å²) in [5.41, 5.74) is 0. The molecule has 0 aliphatic carbocycles. The standard InChI is InChI=1S/C7H12BF3NO/c9-8(10,11)3-5-12-4-1-2-7(13)6-12/h1-6H2/q-1. The minimum Gasteiger partial charge on any atom is -0.449 e. The number of nitrogens with zero attached hydrogens (tertiary/aromatic N) is 1. The molecule has 1 aliphatic heterocycles. The Morgan fingerprint density at radius 2 is 2.08 bits per heavy atom. The lowest BCUT2D eigenvalue weighted by molar-refractivity contribution is -0.122. The number of ketones is 1. The van der Waals surface area contributed by atoms with Gasteiger partial charge in [0.1, 0.15) is 5.78 Å². The topological polar surface area (TPSA) is 20.3 Å². The first-order valence-electron chi connectivity index (χ1n) is 4.42. The van der Waals surface area contributed by atoms with E-state index in [4.69, 9.17) is 0 Å². The first-order valence-corrected chi connectivity index (χ1v) is 4.42. The first kappa shape index (κ1) is 10.6. The Labute approximate surface area is 75.1 Å². The van der Waals surface area contributed by atoms with Gasteiger partial charge in [-0.15, -0.1) is 0 Å². The lowest BCUT2D eigenvalue weighted by atomic mass is 9.86. The van der Waals surface area contributed by atoms with Gasteiger partial charge in [-0.05, 0) is 19.5 Å². The summed E-state index contributed by atoms with van der Waals surface area (Å²) in [6, 6.07) is 0. The highest BCUT2D eigenvalue weighted by Crippen LogP contribution is 2.16. The zero-order valence-electron chi connectivity index (χ0n) is 7.31. The molecule has 2 nitrogen and oxygen atoms in total. The second-order valence-corrected chi connectivity index (χ2v) is 3.42. The van der Waals surface area contributed by atoms with Crippen LogP contribution in [0.15, 0.2) is 0 Å². The van der Waals surface area contributed by atoms with Gasteiger partial charge in [0.05, 0.1) is 6.54 Å². The second kappa shape index (κ2) is 4.13. The number of likely N-dealkylation sites (tertiary alicyclic amines) is 1. The second-order valence-electron chi connectivity index (χ2n) is 3.42. The van der Waals surface area contributed by atoms with Crippen LogP contribution < -0.4 is 0 Å². The van der Waals surface area contributed by atoms with Crippen LogP contribution >= 0.6 is 0 Å². The predicted molar refractivity (Wildman–Crippen MR) is 44.6 cm³/mol. The van der Waals surface area contributed by atoms with Gasteiger partial charge in [0.2, 0.25) is 0 Å². The van der Waals surface area contributed by atoms with E-state index in [1.807, 2.05) is 0 Å². The average molecular weight is 194 g/mol. The van der Waals surface area contributed by atoms with Gasteiger partial charge in [-0.25, -0.2) is 0 Å². The summed E-state index contributed by atoms with van der Waals surface area (Å²) in [6.07, 6.45) is 0.463. The normalized spacial score (nSPS) is 20.7. The van der Waals surface area contributed by atoms with Crippen molar-refractivity contribution in [1.29, 1.82) is 0 Å². The van der Waals surface area contributed by atoms with Crippen LogP contribution in [-0.2, 0) is 4.79 Å². The molecule has 76 valence electrons. The fraction of sp³-hybridized carbons (Fsp3) is 0.857. The Hall–Kier alpha value is -0.515. The van der Waals surface area contributed by atoms with Gasteiger partial charge in [0.25, 0.3) is 0 Å². The molecule has 0 aromatic heterocycles. The van der Waals surface area contributed by atoms with E-state index in [9.17, 15) is 17.7 Å². The van der Waals surface area contributed by atoms with Crippen molar-refractivity contribution in [2.24, 2.45) is 0 Å². The van der Waals surface area contributed by atoms with Crippen LogP contribution in [0, 0.1) is 0 Å². The zero-order valence-corrected chi connectivity index (χ0v) is 7.31. The molecular weight excluding hydrogens is 182 g/mol. The van der Waals surface area contributed by atoms with Gasteiger partial charge in [-0.3, -0.25) is 9.69 Å². The molecule has 0 saturated carbocycles. The molecular formula is C7H12BF3NO-. The van der Waals surface area contributed by atoms with Crippen LogP contribution in [0.1, 0.15) is 12.8 Å². The van der Waals surface area contributed by atoms with E-state index in [1.54, 1.807) is 4.90 Å². The minimum absolute atomic E-state index is 0.0186. The van der Waals surface area contributed by atoms with Gasteiger partial charge >= 0.3 is 6.98 Å². The summed E-state index contributed by atoms with van der Waals surface area (Å²) in [7, 11) is 0. The van der Waals surface area contributed by atoms with Gasteiger partial charge in [0.15, 0.2) is 0 Å². The molecule has 13 heavy (non-hydrogen) atoms. The van der Waals surface area contributed by atoms with Crippen molar-refractivity contribution in [2.75, 3.05) is 19.6 Å². The van der Waals surface area contributed by atoms with Crippen LogP contribution in [0.4, 0.5) is 12.9 Å². The molecule has 1 saturated heterocycles. The highest BCUT2D eigenvalue weighted by molar-refractivity contribution is 6.58. The molecule has 1 fully saturated rings. The Balaban J connectivity index is 2.25. The lowest BCUT2D eigenvalue weighted by Gasteiger charge is -2.27. The quantitative estimate of drug-likeness (QED) is 0.634. The predicted octanol–water partition coefficient (Wildman–Crippen LogP) is 1.50. The average Bonchev–Trinajstić information content (AvgIpc) is 2.00. The summed E-state index contributed by atoms with van der Waals surface area (Å²) in [5, 5.41) is 0. The molecule has 0 aromatic carbocycles. The maximum absolute atomic E-state index is 11.9. The molecule has 6 heteroatoms. The number of carbonyl (C=O) groups excluding carboxylic acids is 1. The highest BCUT2D eigenvalue weighted by atomic mass is 19.4. The molecule has 0 spiro atoms.